The van der Waals surface area contributed by atoms with E-state index in [1.165, 1.54) is 0 Å². The van der Waals surface area contributed by atoms with Crippen molar-refractivity contribution in [3.05, 3.63) is 18.7 Å². The quantitative estimate of drug-likeness (QED) is 0.518. The second-order valence-electron chi connectivity index (χ2n) is 4.38. The van der Waals surface area contributed by atoms with Gasteiger partial charge in [-0.3, -0.25) is 15.3 Å². The topological polar surface area (TPSA) is 135 Å². The summed E-state index contributed by atoms with van der Waals surface area (Å²) >= 11 is 0. The minimum atomic E-state index is -1.17. The van der Waals surface area contributed by atoms with Crippen molar-refractivity contribution < 1.29 is 24.4 Å². The Kier molecular flexibility index (Phi) is 8.18. The van der Waals surface area contributed by atoms with E-state index in [1.54, 1.807) is 0 Å². The van der Waals surface area contributed by atoms with E-state index in [2.05, 4.69) is 6.92 Å². The molecule has 1 aromatic rings. The normalized spacial score (nSPS) is 13.0. The molecule has 8 nitrogen and oxygen atoms in total. The van der Waals surface area contributed by atoms with Gasteiger partial charge in [-0.25, -0.2) is 9.13 Å². The zero-order valence-corrected chi connectivity index (χ0v) is 11.8. The highest BCUT2D eigenvalue weighted by molar-refractivity contribution is 5.74. The number of aryl methyl sites for hydroxylation is 1. The fraction of sp³-hybridized carbons (Fsp3) is 0.583. The highest BCUT2D eigenvalue weighted by atomic mass is 16.4. The molecule has 0 bridgehead atoms. The zero-order valence-electron chi connectivity index (χ0n) is 11.8. The molecule has 1 heterocycles. The SMILES string of the molecule is CCC(N)[n+]1ccn(C)c1.NC(CCC(=O)O)C(=O)O. The summed E-state index contributed by atoms with van der Waals surface area (Å²) in [4.78, 5) is 19.9. The van der Waals surface area contributed by atoms with Crippen LogP contribution >= 0.6 is 0 Å². The standard InChI is InChI=1S/C7H14N3.C5H9NO4/c1-3-7(8)10-5-4-9(2)6-10;6-3(5(9)10)1-2-4(7)8/h4-7H,3,8H2,1-2H3;3H,1-2,6H2,(H,7,8)(H,9,10)/q+1;. The molecule has 0 radical (unpaired) electrons. The Morgan fingerprint density at radius 1 is 1.35 bits per heavy atom. The maximum atomic E-state index is 9.99. The molecule has 2 unspecified atom stereocenters. The third kappa shape index (κ3) is 7.49. The molecule has 8 heteroatoms. The Hall–Kier alpha value is -1.93. The van der Waals surface area contributed by atoms with Crippen LogP contribution in [0, 0.1) is 0 Å². The smallest absolute Gasteiger partial charge is 0.320 e. The van der Waals surface area contributed by atoms with Crippen LogP contribution in [-0.4, -0.2) is 32.8 Å². The average Bonchev–Trinajstić information content (AvgIpc) is 2.82. The largest absolute Gasteiger partial charge is 0.481 e. The first-order valence-electron chi connectivity index (χ1n) is 6.26. The summed E-state index contributed by atoms with van der Waals surface area (Å²) in [6.07, 6.45) is 6.81. The first-order valence-corrected chi connectivity index (χ1v) is 6.26. The van der Waals surface area contributed by atoms with E-state index < -0.39 is 18.0 Å². The van der Waals surface area contributed by atoms with Gasteiger partial charge in [0, 0.05) is 6.42 Å². The van der Waals surface area contributed by atoms with Crippen LogP contribution in [0.2, 0.25) is 0 Å². The van der Waals surface area contributed by atoms with Crippen LogP contribution in [0.1, 0.15) is 32.4 Å². The second-order valence-corrected chi connectivity index (χ2v) is 4.38. The average molecular weight is 287 g/mol. The third-order valence-electron chi connectivity index (χ3n) is 2.58. The first-order chi connectivity index (χ1) is 9.27. The van der Waals surface area contributed by atoms with E-state index in [9.17, 15) is 9.59 Å². The van der Waals surface area contributed by atoms with Crippen LogP contribution in [0.25, 0.3) is 0 Å². The molecular weight excluding hydrogens is 264 g/mol. The number of aromatic nitrogens is 2. The van der Waals surface area contributed by atoms with Crippen LogP contribution in [0.4, 0.5) is 0 Å². The molecule has 0 aliphatic carbocycles. The van der Waals surface area contributed by atoms with Crippen LogP contribution in [-0.2, 0) is 16.6 Å². The molecule has 6 N–H and O–H groups in total. The molecule has 1 aromatic heterocycles. The van der Waals surface area contributed by atoms with Gasteiger partial charge in [-0.15, -0.1) is 0 Å². The van der Waals surface area contributed by atoms with Crippen LogP contribution in [0.15, 0.2) is 18.7 Å². The minimum absolute atomic E-state index is 0.0231. The maximum Gasteiger partial charge on any atom is 0.320 e. The summed E-state index contributed by atoms with van der Waals surface area (Å²) in [5, 5.41) is 16.3. The van der Waals surface area contributed by atoms with Crippen LogP contribution in [0.3, 0.4) is 0 Å². The van der Waals surface area contributed by atoms with Gasteiger partial charge in [0.25, 0.3) is 0 Å². The van der Waals surface area contributed by atoms with Gasteiger partial charge < -0.3 is 15.9 Å². The maximum absolute atomic E-state index is 9.99. The van der Waals surface area contributed by atoms with E-state index in [-0.39, 0.29) is 19.0 Å². The molecule has 20 heavy (non-hydrogen) atoms. The number of hydrogen-bond donors (Lipinski definition) is 4. The van der Waals surface area contributed by atoms with E-state index in [1.807, 2.05) is 34.9 Å². The van der Waals surface area contributed by atoms with Gasteiger partial charge in [0.15, 0.2) is 0 Å². The van der Waals surface area contributed by atoms with E-state index in [4.69, 9.17) is 21.7 Å². The van der Waals surface area contributed by atoms with Crippen molar-refractivity contribution in [2.24, 2.45) is 18.5 Å². The van der Waals surface area contributed by atoms with Gasteiger partial charge in [-0.05, 0) is 12.8 Å². The number of rotatable bonds is 6. The third-order valence-corrected chi connectivity index (χ3v) is 2.58. The summed E-state index contributed by atoms with van der Waals surface area (Å²) in [7, 11) is 1.98. The van der Waals surface area contributed by atoms with Gasteiger partial charge in [0.1, 0.15) is 24.6 Å². The summed E-state index contributed by atoms with van der Waals surface area (Å²) < 4.78 is 3.98. The molecule has 1 rings (SSSR count). The number of nitrogens with zero attached hydrogens (tertiary/aromatic N) is 2. The monoisotopic (exact) mass is 287 g/mol. The first kappa shape index (κ1) is 18.1. The van der Waals surface area contributed by atoms with Gasteiger partial charge in [-0.2, -0.15) is 0 Å². The molecule has 0 aliphatic rings. The number of aliphatic carboxylic acids is 2. The van der Waals surface area contributed by atoms with Crippen LogP contribution in [0.5, 0.6) is 0 Å². The minimum Gasteiger partial charge on any atom is -0.481 e. The van der Waals surface area contributed by atoms with E-state index in [0.717, 1.165) is 6.42 Å². The Bertz CT molecular complexity index is 433. The van der Waals surface area contributed by atoms with E-state index >= 15 is 0 Å². The Balaban J connectivity index is 0.000000361. The molecule has 0 spiro atoms. The summed E-state index contributed by atoms with van der Waals surface area (Å²) in [6, 6.07) is -1.06. The number of imidazole rings is 1. The van der Waals surface area contributed by atoms with Gasteiger partial charge in [0.2, 0.25) is 6.33 Å². The number of carbonyl (C=O) groups is 2. The Labute approximate surface area is 117 Å². The molecule has 114 valence electrons. The summed E-state index contributed by atoms with van der Waals surface area (Å²) in [5.41, 5.74) is 10.8. The lowest BCUT2D eigenvalue weighted by molar-refractivity contribution is -0.722. The molecular formula is C12H23N4O4+. The van der Waals surface area contributed by atoms with Crippen molar-refractivity contribution in [2.75, 3.05) is 0 Å². The van der Waals surface area contributed by atoms with Crippen molar-refractivity contribution in [1.29, 1.82) is 0 Å². The van der Waals surface area contributed by atoms with Crippen molar-refractivity contribution in [1.82, 2.24) is 4.57 Å². The number of carboxylic acids is 2. The van der Waals surface area contributed by atoms with Gasteiger partial charge in [-0.1, -0.05) is 6.92 Å². The lowest BCUT2D eigenvalue weighted by atomic mass is 10.2. The van der Waals surface area contributed by atoms with Crippen molar-refractivity contribution in [2.45, 2.75) is 38.4 Å². The van der Waals surface area contributed by atoms with Gasteiger partial charge >= 0.3 is 11.9 Å². The van der Waals surface area contributed by atoms with Gasteiger partial charge in [0.05, 0.1) is 7.05 Å². The molecule has 2 atom stereocenters. The Morgan fingerprint density at radius 2 is 1.95 bits per heavy atom. The Morgan fingerprint density at radius 3 is 2.30 bits per heavy atom. The summed E-state index contributed by atoms with van der Waals surface area (Å²) in [5.74, 6) is -2.20. The van der Waals surface area contributed by atoms with Crippen molar-refractivity contribution in [3.63, 3.8) is 0 Å². The number of hydrogen-bond acceptors (Lipinski definition) is 4. The summed E-state index contributed by atoms with van der Waals surface area (Å²) in [6.45, 7) is 2.07. The molecule has 0 amide bonds. The molecule has 0 aliphatic heterocycles. The lowest BCUT2D eigenvalue weighted by Gasteiger charge is -2.01. The predicted molar refractivity (Wildman–Crippen MR) is 71.6 cm³/mol. The zero-order chi connectivity index (χ0) is 15.7. The van der Waals surface area contributed by atoms with Crippen LogP contribution < -0.4 is 16.0 Å². The number of nitrogens with two attached hydrogens (primary N) is 2. The molecule has 0 saturated carbocycles. The molecule has 0 saturated heterocycles. The highest BCUT2D eigenvalue weighted by Gasteiger charge is 2.12. The second kappa shape index (κ2) is 9.05. The predicted octanol–water partition coefficient (Wildman–Crippen LogP) is -0.557. The fourth-order valence-corrected chi connectivity index (χ4v) is 1.28. The van der Waals surface area contributed by atoms with Crippen molar-refractivity contribution >= 4 is 11.9 Å². The lowest BCUT2D eigenvalue weighted by Crippen LogP contribution is -2.42. The van der Waals surface area contributed by atoms with Crippen molar-refractivity contribution in [3.8, 4) is 0 Å². The highest BCUT2D eigenvalue weighted by Crippen LogP contribution is 1.93. The molecule has 0 aromatic carbocycles. The molecule has 0 fully saturated rings. The fourth-order valence-electron chi connectivity index (χ4n) is 1.28. The van der Waals surface area contributed by atoms with E-state index in [0.29, 0.717) is 0 Å². The number of carboxylic acid groups (broad SMARTS) is 2.